The van der Waals surface area contributed by atoms with Gasteiger partial charge in [0.2, 0.25) is 5.91 Å². The van der Waals surface area contributed by atoms with E-state index in [0.717, 1.165) is 77.4 Å². The smallest absolute Gasteiger partial charge is 0.237 e. The van der Waals surface area contributed by atoms with Crippen LogP contribution in [0.1, 0.15) is 53.6 Å². The van der Waals surface area contributed by atoms with Crippen molar-refractivity contribution in [2.24, 2.45) is 0 Å². The third-order valence-corrected chi connectivity index (χ3v) is 8.96. The lowest BCUT2D eigenvalue weighted by Gasteiger charge is -2.32. The summed E-state index contributed by atoms with van der Waals surface area (Å²) in [4.78, 5) is 19.5. The molecule has 2 atom stereocenters. The quantitative estimate of drug-likeness (QED) is 0.195. The number of piperidine rings is 1. The lowest BCUT2D eigenvalue weighted by molar-refractivity contribution is -0.127. The number of hydrogen-bond acceptors (Lipinski definition) is 6. The molecule has 2 N–H and O–H groups in total. The highest BCUT2D eigenvalue weighted by atomic mass is 16.5. The monoisotopic (exact) mass is 606 g/mol. The number of rotatable bonds is 12. The third-order valence-electron chi connectivity index (χ3n) is 8.96. The van der Waals surface area contributed by atoms with Gasteiger partial charge in [0.25, 0.3) is 0 Å². The minimum atomic E-state index is -0.394. The Morgan fingerprint density at radius 1 is 0.978 bits per heavy atom. The fraction of sp³-hybridized carbons (Fsp3) is 0.361. The van der Waals surface area contributed by atoms with Crippen molar-refractivity contribution in [2.45, 2.75) is 57.2 Å². The highest BCUT2D eigenvalue weighted by Gasteiger charge is 2.31. The molecule has 1 amide bonds. The number of fused-ring (bicyclic) bond motifs is 1. The summed E-state index contributed by atoms with van der Waals surface area (Å²) in [5.41, 5.74) is 4.40. The van der Waals surface area contributed by atoms with Gasteiger partial charge in [0.05, 0.1) is 32.8 Å². The molecule has 2 aromatic heterocycles. The first-order chi connectivity index (χ1) is 22.0. The molecule has 0 radical (unpaired) electrons. The van der Waals surface area contributed by atoms with Crippen LogP contribution in [0.15, 0.2) is 79.0 Å². The van der Waals surface area contributed by atoms with E-state index in [1.807, 2.05) is 49.6 Å². The number of methoxy groups -OCH3 is 2. The number of H-pyrrole nitrogens is 1. The van der Waals surface area contributed by atoms with Crippen LogP contribution in [0.5, 0.6) is 11.5 Å². The third kappa shape index (κ3) is 6.88. The topological polar surface area (TPSA) is 97.3 Å². The van der Waals surface area contributed by atoms with Crippen molar-refractivity contribution in [3.8, 4) is 11.5 Å². The molecule has 9 heteroatoms. The Morgan fingerprint density at radius 3 is 2.60 bits per heavy atom. The second-order valence-corrected chi connectivity index (χ2v) is 11.8. The summed E-state index contributed by atoms with van der Waals surface area (Å²) in [6.07, 6.45) is 7.15. The summed E-state index contributed by atoms with van der Waals surface area (Å²) >= 11 is 0. The zero-order chi connectivity index (χ0) is 31.2. The first-order valence-corrected chi connectivity index (χ1v) is 15.8. The molecule has 1 aliphatic rings. The van der Waals surface area contributed by atoms with Crippen LogP contribution in [0.25, 0.3) is 10.9 Å². The fourth-order valence-corrected chi connectivity index (χ4v) is 6.42. The predicted molar refractivity (Wildman–Crippen MR) is 176 cm³/mol. The van der Waals surface area contributed by atoms with Gasteiger partial charge in [0, 0.05) is 41.6 Å². The van der Waals surface area contributed by atoms with E-state index in [4.69, 9.17) is 19.7 Å². The van der Waals surface area contributed by atoms with Gasteiger partial charge in [0.1, 0.15) is 17.3 Å². The van der Waals surface area contributed by atoms with Crippen molar-refractivity contribution in [1.82, 2.24) is 30.0 Å². The summed E-state index contributed by atoms with van der Waals surface area (Å²) in [5, 5.41) is 14.1. The van der Waals surface area contributed by atoms with E-state index in [1.54, 1.807) is 14.2 Å². The number of carbonyl (C=O) groups excluding carboxylic acids is 1. The lowest BCUT2D eigenvalue weighted by Crippen LogP contribution is -2.49. The van der Waals surface area contributed by atoms with Gasteiger partial charge in [-0.3, -0.25) is 9.69 Å². The van der Waals surface area contributed by atoms with Gasteiger partial charge in [-0.2, -0.15) is 0 Å². The maximum absolute atomic E-state index is 13.9. The number of amides is 1. The van der Waals surface area contributed by atoms with Crippen LogP contribution in [0.2, 0.25) is 0 Å². The van der Waals surface area contributed by atoms with Gasteiger partial charge in [0.15, 0.2) is 5.82 Å². The molecule has 0 spiro atoms. The molecule has 0 aliphatic carbocycles. The average molecular weight is 607 g/mol. The number of likely N-dealkylation sites (N-methyl/N-ethyl adjacent to an activating group) is 1. The first kappa shape index (κ1) is 30.4. The van der Waals surface area contributed by atoms with Gasteiger partial charge in [-0.1, -0.05) is 55.0 Å². The van der Waals surface area contributed by atoms with E-state index in [-0.39, 0.29) is 11.9 Å². The summed E-state index contributed by atoms with van der Waals surface area (Å²) in [7, 11) is 5.36. The Hall–Kier alpha value is -4.63. The predicted octanol–water partition coefficient (Wildman–Crippen LogP) is 5.49. The molecule has 3 aromatic carbocycles. The van der Waals surface area contributed by atoms with E-state index in [9.17, 15) is 4.79 Å². The van der Waals surface area contributed by atoms with Crippen molar-refractivity contribution in [3.05, 3.63) is 107 Å². The van der Waals surface area contributed by atoms with E-state index in [0.29, 0.717) is 19.4 Å². The largest absolute Gasteiger partial charge is 0.497 e. The maximum atomic E-state index is 13.9. The normalized spacial score (nSPS) is 16.0. The standard InChI is InChI=1S/C36H42N6O3/c1-41-20-10-9-15-32(41)36(43)38-31(21-27-23-37-30-14-8-7-13-29(27)30)35-40-39-34(19-16-25-11-5-4-6-12-25)42(35)24-26-17-18-28(44-2)22-33(26)45-3/h4-8,11-14,17-18,22-23,31-32,37H,9-10,15-16,19-21,24H2,1-3H3,(H,38,43)/t31-,32?/m1/s1. The molecule has 1 unspecified atom stereocenters. The molecular weight excluding hydrogens is 564 g/mol. The van der Waals surface area contributed by atoms with E-state index in [2.05, 4.69) is 56.2 Å². The zero-order valence-electron chi connectivity index (χ0n) is 26.3. The van der Waals surface area contributed by atoms with Gasteiger partial charge in [-0.15, -0.1) is 10.2 Å². The average Bonchev–Trinajstić information content (AvgIpc) is 3.68. The molecule has 45 heavy (non-hydrogen) atoms. The van der Waals surface area contributed by atoms with Crippen molar-refractivity contribution < 1.29 is 14.3 Å². The van der Waals surface area contributed by atoms with Crippen LogP contribution in [-0.4, -0.2) is 64.4 Å². The number of aromatic nitrogens is 4. The number of nitrogens with one attached hydrogen (secondary N) is 2. The summed E-state index contributed by atoms with van der Waals surface area (Å²) in [5.74, 6) is 3.08. The minimum absolute atomic E-state index is 0.0319. The highest BCUT2D eigenvalue weighted by molar-refractivity contribution is 5.84. The van der Waals surface area contributed by atoms with Gasteiger partial charge >= 0.3 is 0 Å². The van der Waals surface area contributed by atoms with Crippen molar-refractivity contribution in [1.29, 1.82) is 0 Å². The van der Waals surface area contributed by atoms with E-state index in [1.165, 1.54) is 5.56 Å². The van der Waals surface area contributed by atoms with Crippen LogP contribution in [-0.2, 0) is 30.6 Å². The zero-order valence-corrected chi connectivity index (χ0v) is 26.3. The van der Waals surface area contributed by atoms with Crippen LogP contribution in [0.4, 0.5) is 0 Å². The molecule has 0 saturated carbocycles. The number of benzene rings is 3. The summed E-state index contributed by atoms with van der Waals surface area (Å²) in [6, 6.07) is 24.0. The molecular formula is C36H42N6O3. The van der Waals surface area contributed by atoms with Crippen LogP contribution in [0, 0.1) is 0 Å². The Morgan fingerprint density at radius 2 is 1.80 bits per heavy atom. The number of carbonyl (C=O) groups is 1. The Balaban J connectivity index is 1.40. The number of aromatic amines is 1. The SMILES string of the molecule is COc1ccc(Cn2c(CCc3ccccc3)nnc2[C@@H](Cc2c[nH]c3ccccc23)NC(=O)C2CCCCN2C)c(OC)c1. The van der Waals surface area contributed by atoms with Crippen molar-refractivity contribution >= 4 is 16.8 Å². The molecule has 3 heterocycles. The number of aryl methyl sites for hydroxylation is 2. The molecule has 9 nitrogen and oxygen atoms in total. The molecule has 234 valence electrons. The Bertz CT molecular complexity index is 1730. The Kier molecular flexibility index (Phi) is 9.45. The number of ether oxygens (including phenoxy) is 2. The van der Waals surface area contributed by atoms with Crippen LogP contribution in [0.3, 0.4) is 0 Å². The number of hydrogen-bond donors (Lipinski definition) is 2. The molecule has 1 aliphatic heterocycles. The Labute approximate surface area is 264 Å². The maximum Gasteiger partial charge on any atom is 0.237 e. The van der Waals surface area contributed by atoms with Gasteiger partial charge in [-0.05, 0) is 62.2 Å². The molecule has 1 saturated heterocycles. The molecule has 1 fully saturated rings. The number of likely N-dealkylation sites (tertiary alicyclic amines) is 1. The second kappa shape index (κ2) is 14.0. The second-order valence-electron chi connectivity index (χ2n) is 11.8. The number of nitrogens with zero attached hydrogens (tertiary/aromatic N) is 4. The van der Waals surface area contributed by atoms with E-state index < -0.39 is 6.04 Å². The summed E-state index contributed by atoms with van der Waals surface area (Å²) < 4.78 is 13.4. The highest BCUT2D eigenvalue weighted by Crippen LogP contribution is 2.29. The molecule has 0 bridgehead atoms. The van der Waals surface area contributed by atoms with Gasteiger partial charge in [-0.25, -0.2) is 0 Å². The van der Waals surface area contributed by atoms with Crippen molar-refractivity contribution in [3.63, 3.8) is 0 Å². The summed E-state index contributed by atoms with van der Waals surface area (Å²) in [6.45, 7) is 1.41. The fourth-order valence-electron chi connectivity index (χ4n) is 6.42. The number of para-hydroxylation sites is 1. The first-order valence-electron chi connectivity index (χ1n) is 15.8. The van der Waals surface area contributed by atoms with Crippen LogP contribution < -0.4 is 14.8 Å². The van der Waals surface area contributed by atoms with Crippen LogP contribution >= 0.6 is 0 Å². The van der Waals surface area contributed by atoms with E-state index >= 15 is 0 Å². The lowest BCUT2D eigenvalue weighted by atomic mass is 10.00. The van der Waals surface area contributed by atoms with Gasteiger partial charge < -0.3 is 24.3 Å². The molecule has 5 aromatic rings. The van der Waals surface area contributed by atoms with Crippen molar-refractivity contribution in [2.75, 3.05) is 27.8 Å². The minimum Gasteiger partial charge on any atom is -0.497 e. The molecule has 6 rings (SSSR count).